The lowest BCUT2D eigenvalue weighted by atomic mass is 10.0. The van der Waals surface area contributed by atoms with Crippen molar-refractivity contribution in [1.82, 2.24) is 5.32 Å². The Morgan fingerprint density at radius 2 is 1.53 bits per heavy atom. The first kappa shape index (κ1) is 25.5. The topological polar surface area (TPSA) is 69.7 Å². The van der Waals surface area contributed by atoms with Crippen LogP contribution in [0, 0.1) is 5.92 Å². The van der Waals surface area contributed by atoms with E-state index in [-0.39, 0.29) is 35.9 Å². The van der Waals surface area contributed by atoms with Crippen LogP contribution in [0.25, 0.3) is 0 Å². The van der Waals surface area contributed by atoms with Gasteiger partial charge in [-0.25, -0.2) is 0 Å². The molecule has 0 radical (unpaired) electrons. The van der Waals surface area contributed by atoms with Crippen LogP contribution >= 0.6 is 0 Å². The number of alkyl halides is 3. The molecule has 1 saturated carbocycles. The minimum Gasteiger partial charge on any atom is -0.343 e. The first-order valence-corrected chi connectivity index (χ1v) is 12.5. The lowest BCUT2D eigenvalue weighted by molar-refractivity contribution is -0.137. The number of hydrogen-bond donors (Lipinski definition) is 1. The van der Waals surface area contributed by atoms with E-state index in [0.717, 1.165) is 36.2 Å². The van der Waals surface area contributed by atoms with Gasteiger partial charge in [0.15, 0.2) is 0 Å². The Morgan fingerprint density at radius 1 is 0.868 bits per heavy atom. The summed E-state index contributed by atoms with van der Waals surface area (Å²) in [7, 11) is 0. The van der Waals surface area contributed by atoms with Crippen LogP contribution in [-0.2, 0) is 22.3 Å². The lowest BCUT2D eigenvalue weighted by Crippen LogP contribution is -2.48. The van der Waals surface area contributed by atoms with Crippen LogP contribution in [0.4, 0.5) is 24.5 Å². The van der Waals surface area contributed by atoms with E-state index >= 15 is 0 Å². The summed E-state index contributed by atoms with van der Waals surface area (Å²) in [6.45, 7) is 0.0108. The molecule has 9 heteroatoms. The maximum absolute atomic E-state index is 13.7. The maximum Gasteiger partial charge on any atom is 0.416 e. The van der Waals surface area contributed by atoms with Gasteiger partial charge in [0.1, 0.15) is 0 Å². The number of benzene rings is 3. The maximum atomic E-state index is 13.7. The van der Waals surface area contributed by atoms with Crippen molar-refractivity contribution in [3.8, 4) is 0 Å². The molecule has 3 aromatic rings. The van der Waals surface area contributed by atoms with E-state index in [1.807, 2.05) is 42.5 Å². The van der Waals surface area contributed by atoms with Gasteiger partial charge in [0.2, 0.25) is 11.8 Å². The van der Waals surface area contributed by atoms with Crippen molar-refractivity contribution in [1.29, 1.82) is 0 Å². The summed E-state index contributed by atoms with van der Waals surface area (Å²) in [6, 6.07) is 20.4. The molecule has 1 unspecified atom stereocenters. The largest absolute Gasteiger partial charge is 0.416 e. The summed E-state index contributed by atoms with van der Waals surface area (Å²) >= 11 is 0. The molecule has 1 aliphatic carbocycles. The second-order valence-electron chi connectivity index (χ2n) is 9.52. The van der Waals surface area contributed by atoms with Crippen molar-refractivity contribution in [2.45, 2.75) is 38.0 Å². The van der Waals surface area contributed by atoms with Crippen molar-refractivity contribution >= 4 is 29.1 Å². The Labute approximate surface area is 218 Å². The van der Waals surface area contributed by atoms with Gasteiger partial charge in [-0.05, 0) is 54.8 Å². The predicted molar refractivity (Wildman–Crippen MR) is 136 cm³/mol. The molecule has 5 rings (SSSR count). The summed E-state index contributed by atoms with van der Waals surface area (Å²) in [5, 5.41) is 2.54. The number of rotatable bonds is 5. The highest BCUT2D eigenvalue weighted by molar-refractivity contribution is 6.08. The van der Waals surface area contributed by atoms with Crippen molar-refractivity contribution < 1.29 is 27.6 Å². The van der Waals surface area contributed by atoms with E-state index in [0.29, 0.717) is 30.8 Å². The molecule has 2 aliphatic rings. The van der Waals surface area contributed by atoms with Crippen molar-refractivity contribution in [3.05, 3.63) is 95.6 Å². The van der Waals surface area contributed by atoms with Gasteiger partial charge in [0.25, 0.3) is 5.91 Å². The highest BCUT2D eigenvalue weighted by Gasteiger charge is 2.45. The number of nitrogens with one attached hydrogen (secondary N) is 1. The zero-order chi connectivity index (χ0) is 26.9. The van der Waals surface area contributed by atoms with Gasteiger partial charge in [-0.15, -0.1) is 0 Å². The van der Waals surface area contributed by atoms with E-state index in [4.69, 9.17) is 0 Å². The van der Waals surface area contributed by atoms with Crippen LogP contribution in [0.1, 0.15) is 40.7 Å². The van der Waals surface area contributed by atoms with Gasteiger partial charge in [-0.3, -0.25) is 14.4 Å². The summed E-state index contributed by atoms with van der Waals surface area (Å²) in [4.78, 5) is 43.3. The molecular formula is C29H26F3N3O3. The average Bonchev–Trinajstić information content (AvgIpc) is 3.37. The molecule has 3 amide bonds. The average molecular weight is 522 g/mol. The van der Waals surface area contributed by atoms with Crippen molar-refractivity contribution in [2.24, 2.45) is 5.92 Å². The van der Waals surface area contributed by atoms with Crippen molar-refractivity contribution in [2.75, 3.05) is 16.3 Å². The van der Waals surface area contributed by atoms with Crippen LogP contribution in [0.5, 0.6) is 0 Å². The van der Waals surface area contributed by atoms with Gasteiger partial charge >= 0.3 is 6.18 Å². The molecule has 1 fully saturated rings. The number of carbonyl (C=O) groups excluding carboxylic acids is 3. The van der Waals surface area contributed by atoms with Gasteiger partial charge in [0.05, 0.1) is 35.9 Å². The second kappa shape index (κ2) is 10.3. The fourth-order valence-electron chi connectivity index (χ4n) is 5.33. The molecule has 3 aromatic carbocycles. The third kappa shape index (κ3) is 5.01. The van der Waals surface area contributed by atoms with Gasteiger partial charge in [-0.2, -0.15) is 13.2 Å². The number of hydrogen-bond acceptors (Lipinski definition) is 3. The molecule has 1 heterocycles. The number of amides is 3. The Morgan fingerprint density at radius 3 is 2.21 bits per heavy atom. The summed E-state index contributed by atoms with van der Waals surface area (Å²) in [5.74, 6) is -1.45. The van der Waals surface area contributed by atoms with Gasteiger partial charge in [0, 0.05) is 11.6 Å². The molecule has 1 aliphatic heterocycles. The van der Waals surface area contributed by atoms with Crippen LogP contribution < -0.4 is 15.1 Å². The molecule has 0 bridgehead atoms. The molecule has 2 atom stereocenters. The third-order valence-corrected chi connectivity index (χ3v) is 7.15. The molecule has 196 valence electrons. The zero-order valence-electron chi connectivity index (χ0n) is 20.4. The molecular weight excluding hydrogens is 495 g/mol. The SMILES string of the molecule is O=C(NCC(=O)N1c2ccccc2N(Cc2ccccc2)C(=O)C2CCC[C@H]21)c1ccc(C(F)(F)F)cc1. The van der Waals surface area contributed by atoms with E-state index < -0.39 is 17.6 Å². The van der Waals surface area contributed by atoms with Crippen LogP contribution in [0.15, 0.2) is 78.9 Å². The summed E-state index contributed by atoms with van der Waals surface area (Å²) in [6.07, 6.45) is -2.40. The summed E-state index contributed by atoms with van der Waals surface area (Å²) in [5.41, 5.74) is 1.35. The number of halogens is 3. The second-order valence-corrected chi connectivity index (χ2v) is 9.52. The lowest BCUT2D eigenvalue weighted by Gasteiger charge is -2.30. The molecule has 0 spiro atoms. The number of fused-ring (bicyclic) bond motifs is 2. The number of carbonyl (C=O) groups is 3. The summed E-state index contributed by atoms with van der Waals surface area (Å²) < 4.78 is 38.5. The smallest absolute Gasteiger partial charge is 0.343 e. The normalized spacial score (nSPS) is 19.0. The quantitative estimate of drug-likeness (QED) is 0.503. The van der Waals surface area contributed by atoms with Crippen LogP contribution in [-0.4, -0.2) is 30.3 Å². The van der Waals surface area contributed by atoms with Crippen LogP contribution in [0.3, 0.4) is 0 Å². The number of nitrogens with zero attached hydrogens (tertiary/aromatic N) is 2. The van der Waals surface area contributed by atoms with Crippen molar-refractivity contribution in [3.63, 3.8) is 0 Å². The molecule has 0 aromatic heterocycles. The molecule has 0 saturated heterocycles. The minimum atomic E-state index is -4.51. The first-order valence-electron chi connectivity index (χ1n) is 12.5. The van der Waals surface area contributed by atoms with Gasteiger partial charge < -0.3 is 15.1 Å². The Kier molecular flexibility index (Phi) is 6.93. The highest BCUT2D eigenvalue weighted by atomic mass is 19.4. The Bertz CT molecular complexity index is 1340. The fourth-order valence-corrected chi connectivity index (χ4v) is 5.33. The number of anilines is 2. The monoisotopic (exact) mass is 521 g/mol. The van der Waals surface area contributed by atoms with Crippen LogP contribution in [0.2, 0.25) is 0 Å². The van der Waals surface area contributed by atoms with E-state index in [1.165, 1.54) is 0 Å². The molecule has 1 N–H and O–H groups in total. The Balaban J connectivity index is 1.40. The van der Waals surface area contributed by atoms with E-state index in [1.54, 1.807) is 21.9 Å². The standard InChI is InChI=1S/C29H26F3N3O3/c30-29(31,32)21-15-13-20(14-16-21)27(37)33-17-26(36)35-23-12-6-9-22(23)28(38)34(18-19-7-2-1-3-8-19)24-10-4-5-11-25(24)35/h1-5,7-8,10-11,13-16,22-23H,6,9,12,17-18H2,(H,33,37)/t22?,23-/m1/s1. The Hall–Kier alpha value is -4.14. The van der Waals surface area contributed by atoms with E-state index in [2.05, 4.69) is 5.32 Å². The molecule has 6 nitrogen and oxygen atoms in total. The van der Waals surface area contributed by atoms with Gasteiger partial charge in [-0.1, -0.05) is 48.9 Å². The number of para-hydroxylation sites is 2. The van der Waals surface area contributed by atoms with E-state index in [9.17, 15) is 27.6 Å². The molecule has 38 heavy (non-hydrogen) atoms. The fraction of sp³-hybridized carbons (Fsp3) is 0.276. The first-order chi connectivity index (χ1) is 18.2. The third-order valence-electron chi connectivity index (χ3n) is 7.15. The highest BCUT2D eigenvalue weighted by Crippen LogP contribution is 2.43. The minimum absolute atomic E-state index is 0.0185. The predicted octanol–water partition coefficient (Wildman–Crippen LogP) is 5.18. The zero-order valence-corrected chi connectivity index (χ0v) is 20.4.